The summed E-state index contributed by atoms with van der Waals surface area (Å²) in [6.07, 6.45) is 2.82. The highest BCUT2D eigenvalue weighted by Gasteiger charge is 2.69. The maximum absolute atomic E-state index is 13.5. The van der Waals surface area contributed by atoms with Crippen molar-refractivity contribution >= 4 is 35.0 Å². The van der Waals surface area contributed by atoms with E-state index in [1.54, 1.807) is 12.1 Å². The van der Waals surface area contributed by atoms with Crippen molar-refractivity contribution in [2.75, 3.05) is 6.61 Å². The Labute approximate surface area is 194 Å². The standard InChI is InChI=1S/C23H21Cl2FN2O4/c24-14-2-6-18-13(7-14)1-5-19(32-18)21(30)28-23-10-22(11-23,12-23)27-20(29)9-31-15-3-4-16(25)17(26)8-15/h2-4,6-8,19H,1,5,9-12H2,(H,27,29)(H,28,30). The fraction of sp³-hybridized carbons (Fsp3) is 0.391. The third-order valence-corrected chi connectivity index (χ3v) is 6.89. The number of amides is 2. The smallest absolute Gasteiger partial charge is 0.261 e. The molecule has 1 heterocycles. The number of nitrogens with one attached hydrogen (secondary N) is 2. The van der Waals surface area contributed by atoms with Gasteiger partial charge in [0.1, 0.15) is 17.3 Å². The zero-order valence-electron chi connectivity index (χ0n) is 17.1. The van der Waals surface area contributed by atoms with E-state index in [0.717, 1.165) is 18.1 Å². The number of rotatable bonds is 6. The Kier molecular flexibility index (Phi) is 5.21. The Balaban J connectivity index is 1.08. The monoisotopic (exact) mass is 478 g/mol. The summed E-state index contributed by atoms with van der Waals surface area (Å²) >= 11 is 11.7. The second-order valence-electron chi connectivity index (χ2n) is 8.89. The highest BCUT2D eigenvalue weighted by molar-refractivity contribution is 6.31. The van der Waals surface area contributed by atoms with E-state index in [9.17, 15) is 14.0 Å². The zero-order chi connectivity index (χ0) is 22.5. The van der Waals surface area contributed by atoms with Crippen LogP contribution in [0.5, 0.6) is 11.5 Å². The number of aryl methyl sites for hydroxylation is 1. The van der Waals surface area contributed by atoms with Crippen molar-refractivity contribution in [3.63, 3.8) is 0 Å². The summed E-state index contributed by atoms with van der Waals surface area (Å²) in [7, 11) is 0. The van der Waals surface area contributed by atoms with Gasteiger partial charge in [0.25, 0.3) is 11.8 Å². The van der Waals surface area contributed by atoms with Gasteiger partial charge in [0.2, 0.25) is 0 Å². The molecule has 1 unspecified atom stereocenters. The van der Waals surface area contributed by atoms with Crippen molar-refractivity contribution in [1.82, 2.24) is 10.6 Å². The molecule has 3 fully saturated rings. The normalized spacial score (nSPS) is 27.2. The van der Waals surface area contributed by atoms with E-state index < -0.39 is 11.9 Å². The van der Waals surface area contributed by atoms with Crippen molar-refractivity contribution < 1.29 is 23.5 Å². The van der Waals surface area contributed by atoms with Gasteiger partial charge in [0.05, 0.1) is 5.02 Å². The van der Waals surface area contributed by atoms with Crippen LogP contribution in [0.1, 0.15) is 31.2 Å². The molecular weight excluding hydrogens is 458 g/mol. The highest BCUT2D eigenvalue weighted by Crippen LogP contribution is 2.60. The van der Waals surface area contributed by atoms with Crippen LogP contribution in [0.25, 0.3) is 0 Å². The third-order valence-electron chi connectivity index (χ3n) is 6.34. The molecule has 6 rings (SSSR count). The van der Waals surface area contributed by atoms with Crippen molar-refractivity contribution in [2.45, 2.75) is 49.3 Å². The first-order valence-corrected chi connectivity index (χ1v) is 11.2. The van der Waals surface area contributed by atoms with Gasteiger partial charge >= 0.3 is 0 Å². The predicted octanol–water partition coefficient (Wildman–Crippen LogP) is 3.81. The topological polar surface area (TPSA) is 76.7 Å². The SMILES string of the molecule is O=C(COc1ccc(Cl)c(F)c1)NC12CC(NC(=O)C3CCc4cc(Cl)ccc4O3)(C1)C2. The van der Waals surface area contributed by atoms with Crippen molar-refractivity contribution in [2.24, 2.45) is 0 Å². The molecule has 2 amide bonds. The van der Waals surface area contributed by atoms with Gasteiger partial charge in [-0.15, -0.1) is 0 Å². The Morgan fingerprint density at radius 3 is 2.59 bits per heavy atom. The van der Waals surface area contributed by atoms with E-state index in [-0.39, 0.29) is 40.3 Å². The molecule has 3 aliphatic carbocycles. The van der Waals surface area contributed by atoms with Crippen LogP contribution in [0.15, 0.2) is 36.4 Å². The lowest BCUT2D eigenvalue weighted by Crippen LogP contribution is -2.84. The molecule has 2 aromatic rings. The summed E-state index contributed by atoms with van der Waals surface area (Å²) in [4.78, 5) is 25.0. The van der Waals surface area contributed by atoms with E-state index in [0.29, 0.717) is 36.5 Å². The van der Waals surface area contributed by atoms with Gasteiger partial charge in [0, 0.05) is 22.2 Å². The molecule has 0 aromatic heterocycles. The minimum atomic E-state index is -0.601. The summed E-state index contributed by atoms with van der Waals surface area (Å²) in [6, 6.07) is 9.43. The molecule has 0 saturated heterocycles. The van der Waals surface area contributed by atoms with Gasteiger partial charge < -0.3 is 20.1 Å². The average molecular weight is 479 g/mol. The highest BCUT2D eigenvalue weighted by atomic mass is 35.5. The molecule has 3 saturated carbocycles. The molecule has 1 atom stereocenters. The largest absolute Gasteiger partial charge is 0.484 e. The number of carbonyl (C=O) groups is 2. The number of carbonyl (C=O) groups excluding carboxylic acids is 2. The molecule has 0 spiro atoms. The number of hydrogen-bond acceptors (Lipinski definition) is 4. The van der Waals surface area contributed by atoms with Crippen LogP contribution in [-0.2, 0) is 16.0 Å². The van der Waals surface area contributed by atoms with E-state index in [4.69, 9.17) is 32.7 Å². The molecule has 0 radical (unpaired) electrons. The van der Waals surface area contributed by atoms with Gasteiger partial charge in [0.15, 0.2) is 12.7 Å². The molecule has 6 nitrogen and oxygen atoms in total. The van der Waals surface area contributed by atoms with Gasteiger partial charge in [-0.1, -0.05) is 23.2 Å². The first kappa shape index (κ1) is 21.3. The van der Waals surface area contributed by atoms with E-state index >= 15 is 0 Å². The summed E-state index contributed by atoms with van der Waals surface area (Å²) < 4.78 is 24.7. The maximum atomic E-state index is 13.5. The van der Waals surface area contributed by atoms with Crippen LogP contribution in [0, 0.1) is 5.82 Å². The molecule has 9 heteroatoms. The number of fused-ring (bicyclic) bond motifs is 1. The second-order valence-corrected chi connectivity index (χ2v) is 9.73. The maximum Gasteiger partial charge on any atom is 0.261 e. The van der Waals surface area contributed by atoms with Crippen molar-refractivity contribution in [1.29, 1.82) is 0 Å². The number of benzene rings is 2. The van der Waals surface area contributed by atoms with Gasteiger partial charge in [-0.05, 0) is 68.0 Å². The van der Waals surface area contributed by atoms with Crippen LogP contribution < -0.4 is 20.1 Å². The summed E-state index contributed by atoms with van der Waals surface area (Å²) in [6.45, 7) is -0.221. The zero-order valence-corrected chi connectivity index (χ0v) is 18.6. The van der Waals surface area contributed by atoms with Gasteiger partial charge in [-0.3, -0.25) is 9.59 Å². The number of ether oxygens (including phenoxy) is 2. The third kappa shape index (κ3) is 3.99. The number of hydrogen-bond donors (Lipinski definition) is 2. The lowest BCUT2D eigenvalue weighted by atomic mass is 9.44. The molecular formula is C23H21Cl2FN2O4. The second kappa shape index (κ2) is 7.81. The Morgan fingerprint density at radius 1 is 1.09 bits per heavy atom. The fourth-order valence-electron chi connectivity index (χ4n) is 4.98. The van der Waals surface area contributed by atoms with E-state index in [2.05, 4.69) is 10.6 Å². The molecule has 32 heavy (non-hydrogen) atoms. The first-order chi connectivity index (χ1) is 15.2. The minimum Gasteiger partial charge on any atom is -0.484 e. The molecule has 1 aliphatic heterocycles. The summed E-state index contributed by atoms with van der Waals surface area (Å²) in [5.41, 5.74) is 0.418. The van der Waals surface area contributed by atoms with Crippen molar-refractivity contribution in [3.8, 4) is 11.5 Å². The van der Waals surface area contributed by atoms with Crippen LogP contribution in [0.3, 0.4) is 0 Å². The van der Waals surface area contributed by atoms with Crippen LogP contribution >= 0.6 is 23.2 Å². The van der Waals surface area contributed by atoms with Crippen LogP contribution in [0.2, 0.25) is 10.0 Å². The predicted molar refractivity (Wildman–Crippen MR) is 117 cm³/mol. The Hall–Kier alpha value is -2.51. The molecule has 2 bridgehead atoms. The molecule has 168 valence electrons. The van der Waals surface area contributed by atoms with Gasteiger partial charge in [-0.25, -0.2) is 4.39 Å². The summed E-state index contributed by atoms with van der Waals surface area (Å²) in [5.74, 6) is -0.0810. The van der Waals surface area contributed by atoms with Crippen LogP contribution in [0.4, 0.5) is 4.39 Å². The number of halogens is 3. The van der Waals surface area contributed by atoms with Gasteiger partial charge in [-0.2, -0.15) is 0 Å². The quantitative estimate of drug-likeness (QED) is 0.661. The fourth-order valence-corrected chi connectivity index (χ4v) is 5.30. The first-order valence-electron chi connectivity index (χ1n) is 10.4. The summed E-state index contributed by atoms with van der Waals surface area (Å²) in [5, 5.41) is 6.73. The molecule has 4 aliphatic rings. The lowest BCUT2D eigenvalue weighted by Gasteiger charge is -2.70. The average Bonchev–Trinajstić information content (AvgIpc) is 2.71. The minimum absolute atomic E-state index is 0.00440. The lowest BCUT2D eigenvalue weighted by molar-refractivity contribution is -0.154. The van der Waals surface area contributed by atoms with E-state index in [1.807, 2.05) is 6.07 Å². The Morgan fingerprint density at radius 2 is 1.84 bits per heavy atom. The Bertz CT molecular complexity index is 1090. The molecule has 2 aromatic carbocycles. The molecule has 2 N–H and O–H groups in total. The van der Waals surface area contributed by atoms with E-state index in [1.165, 1.54) is 12.1 Å². The van der Waals surface area contributed by atoms with Crippen LogP contribution in [-0.4, -0.2) is 35.6 Å². The van der Waals surface area contributed by atoms with Crippen molar-refractivity contribution in [3.05, 3.63) is 57.8 Å².